The van der Waals surface area contributed by atoms with E-state index in [1.54, 1.807) is 0 Å². The van der Waals surface area contributed by atoms with Crippen molar-refractivity contribution in [2.45, 2.75) is 51.7 Å². The Morgan fingerprint density at radius 1 is 1.41 bits per heavy atom. The summed E-state index contributed by atoms with van der Waals surface area (Å²) in [5.74, 6) is -1.11. The fourth-order valence-corrected chi connectivity index (χ4v) is 1.98. The molecule has 1 fully saturated rings. The Kier molecular flexibility index (Phi) is 5.41. The molecule has 5 nitrogen and oxygen atoms in total. The molecule has 1 heterocycles. The Morgan fingerprint density at radius 3 is 2.59 bits per heavy atom. The van der Waals surface area contributed by atoms with Gasteiger partial charge in [0.15, 0.2) is 0 Å². The van der Waals surface area contributed by atoms with E-state index in [2.05, 4.69) is 0 Å². The van der Waals surface area contributed by atoms with Crippen molar-refractivity contribution in [1.82, 2.24) is 4.90 Å². The first-order chi connectivity index (χ1) is 8.00. The number of carbonyl (C=O) groups is 2. The summed E-state index contributed by atoms with van der Waals surface area (Å²) in [6.07, 6.45) is 3.29. The lowest BCUT2D eigenvalue weighted by atomic mass is 10.1. The molecule has 1 saturated heterocycles. The van der Waals surface area contributed by atoms with Crippen LogP contribution in [0.5, 0.6) is 0 Å². The van der Waals surface area contributed by atoms with Crippen LogP contribution >= 0.6 is 0 Å². The molecule has 0 spiro atoms. The quantitative estimate of drug-likeness (QED) is 0.789. The molecule has 1 amide bonds. The summed E-state index contributed by atoms with van der Waals surface area (Å²) < 4.78 is 5.49. The molecule has 1 aliphatic rings. The molecular weight excluding hydrogens is 222 g/mol. The van der Waals surface area contributed by atoms with E-state index in [-0.39, 0.29) is 24.6 Å². The van der Waals surface area contributed by atoms with Gasteiger partial charge in [0.2, 0.25) is 5.91 Å². The van der Waals surface area contributed by atoms with E-state index < -0.39 is 5.97 Å². The van der Waals surface area contributed by atoms with E-state index in [1.807, 2.05) is 13.8 Å². The molecule has 1 unspecified atom stereocenters. The fraction of sp³-hybridized carbons (Fsp3) is 0.833. The van der Waals surface area contributed by atoms with Gasteiger partial charge in [0.05, 0.1) is 12.5 Å². The molecule has 0 bridgehead atoms. The van der Waals surface area contributed by atoms with Gasteiger partial charge in [-0.25, -0.2) is 0 Å². The maximum Gasteiger partial charge on any atom is 0.323 e. The van der Waals surface area contributed by atoms with Crippen LogP contribution in [0.2, 0.25) is 0 Å². The average molecular weight is 243 g/mol. The predicted molar refractivity (Wildman–Crippen MR) is 62.7 cm³/mol. The highest BCUT2D eigenvalue weighted by Gasteiger charge is 2.24. The van der Waals surface area contributed by atoms with Crippen LogP contribution < -0.4 is 0 Å². The normalized spacial score (nSPS) is 20.3. The summed E-state index contributed by atoms with van der Waals surface area (Å²) in [7, 11) is 0. The molecular formula is C12H21NO4. The van der Waals surface area contributed by atoms with Gasteiger partial charge in [-0.1, -0.05) is 0 Å². The highest BCUT2D eigenvalue weighted by atomic mass is 16.5. The Hall–Kier alpha value is -1.10. The van der Waals surface area contributed by atoms with Gasteiger partial charge in [-0.15, -0.1) is 0 Å². The van der Waals surface area contributed by atoms with Crippen LogP contribution in [0.4, 0.5) is 0 Å². The molecule has 0 aromatic carbocycles. The Morgan fingerprint density at radius 2 is 2.12 bits per heavy atom. The summed E-state index contributed by atoms with van der Waals surface area (Å²) in [5.41, 5.74) is 0. The topological polar surface area (TPSA) is 66.8 Å². The van der Waals surface area contributed by atoms with Crippen LogP contribution in [0.1, 0.15) is 39.5 Å². The molecule has 1 N–H and O–H groups in total. The first kappa shape index (κ1) is 14.0. The van der Waals surface area contributed by atoms with Crippen molar-refractivity contribution in [3.63, 3.8) is 0 Å². The molecule has 0 saturated carbocycles. The summed E-state index contributed by atoms with van der Waals surface area (Å²) in [5, 5.41) is 8.76. The third kappa shape index (κ3) is 4.73. The van der Waals surface area contributed by atoms with Gasteiger partial charge >= 0.3 is 5.97 Å². The lowest BCUT2D eigenvalue weighted by molar-refractivity contribution is -0.147. The zero-order valence-corrected chi connectivity index (χ0v) is 10.5. The van der Waals surface area contributed by atoms with Crippen molar-refractivity contribution in [3.8, 4) is 0 Å². The van der Waals surface area contributed by atoms with Gasteiger partial charge in [0.1, 0.15) is 6.54 Å². The minimum Gasteiger partial charge on any atom is -0.480 e. The first-order valence-corrected chi connectivity index (χ1v) is 6.13. The smallest absolute Gasteiger partial charge is 0.323 e. The summed E-state index contributed by atoms with van der Waals surface area (Å²) in [6.45, 7) is 4.12. The molecule has 5 heteroatoms. The SMILES string of the molecule is CC(C)N(CC(=O)O)C(=O)CC1CCCCO1. The lowest BCUT2D eigenvalue weighted by Gasteiger charge is -2.28. The highest BCUT2D eigenvalue weighted by molar-refractivity contribution is 5.81. The van der Waals surface area contributed by atoms with Gasteiger partial charge in [-0.05, 0) is 33.1 Å². The molecule has 0 aliphatic carbocycles. The molecule has 0 aromatic heterocycles. The number of amides is 1. The van der Waals surface area contributed by atoms with Crippen molar-refractivity contribution in [3.05, 3.63) is 0 Å². The zero-order valence-electron chi connectivity index (χ0n) is 10.5. The zero-order chi connectivity index (χ0) is 12.8. The molecule has 98 valence electrons. The standard InChI is InChI=1S/C12H21NO4/c1-9(2)13(8-12(15)16)11(14)7-10-5-3-4-6-17-10/h9-10H,3-8H2,1-2H3,(H,15,16). The van der Waals surface area contributed by atoms with Crippen LogP contribution in [-0.4, -0.2) is 47.2 Å². The van der Waals surface area contributed by atoms with Crippen molar-refractivity contribution in [2.75, 3.05) is 13.2 Å². The number of hydrogen-bond acceptors (Lipinski definition) is 3. The third-order valence-electron chi connectivity index (χ3n) is 2.93. The number of carboxylic acid groups (broad SMARTS) is 1. The van der Waals surface area contributed by atoms with E-state index in [0.717, 1.165) is 19.3 Å². The van der Waals surface area contributed by atoms with E-state index in [1.165, 1.54) is 4.90 Å². The molecule has 0 radical (unpaired) electrons. The molecule has 1 aliphatic heterocycles. The monoisotopic (exact) mass is 243 g/mol. The van der Waals surface area contributed by atoms with Crippen LogP contribution in [0, 0.1) is 0 Å². The van der Waals surface area contributed by atoms with E-state index in [9.17, 15) is 9.59 Å². The molecule has 17 heavy (non-hydrogen) atoms. The minimum absolute atomic E-state index is 0.0358. The number of nitrogens with zero attached hydrogens (tertiary/aromatic N) is 1. The van der Waals surface area contributed by atoms with Gasteiger partial charge < -0.3 is 14.7 Å². The fourth-order valence-electron chi connectivity index (χ4n) is 1.98. The predicted octanol–water partition coefficient (Wildman–Crippen LogP) is 1.27. The minimum atomic E-state index is -0.975. The van der Waals surface area contributed by atoms with Crippen molar-refractivity contribution >= 4 is 11.9 Å². The Bertz CT molecular complexity index is 272. The number of carboxylic acids is 1. The number of rotatable bonds is 5. The van der Waals surface area contributed by atoms with Gasteiger partial charge in [-0.2, -0.15) is 0 Å². The van der Waals surface area contributed by atoms with Crippen LogP contribution in [-0.2, 0) is 14.3 Å². The second-order valence-corrected chi connectivity index (χ2v) is 4.70. The Labute approximate surface area is 102 Å². The Balaban J connectivity index is 2.49. The van der Waals surface area contributed by atoms with Crippen molar-refractivity contribution in [2.24, 2.45) is 0 Å². The summed E-state index contributed by atoms with van der Waals surface area (Å²) in [4.78, 5) is 24.0. The van der Waals surface area contributed by atoms with E-state index in [4.69, 9.17) is 9.84 Å². The molecule has 1 atom stereocenters. The summed E-state index contributed by atoms with van der Waals surface area (Å²) >= 11 is 0. The van der Waals surface area contributed by atoms with Crippen LogP contribution in [0.3, 0.4) is 0 Å². The first-order valence-electron chi connectivity index (χ1n) is 6.13. The average Bonchev–Trinajstić information content (AvgIpc) is 2.26. The number of ether oxygens (including phenoxy) is 1. The largest absolute Gasteiger partial charge is 0.480 e. The second kappa shape index (κ2) is 6.59. The number of hydrogen-bond donors (Lipinski definition) is 1. The lowest BCUT2D eigenvalue weighted by Crippen LogP contribution is -2.42. The highest BCUT2D eigenvalue weighted by Crippen LogP contribution is 2.17. The van der Waals surface area contributed by atoms with Crippen molar-refractivity contribution in [1.29, 1.82) is 0 Å². The number of carbonyl (C=O) groups excluding carboxylic acids is 1. The van der Waals surface area contributed by atoms with E-state index in [0.29, 0.717) is 13.0 Å². The van der Waals surface area contributed by atoms with Gasteiger partial charge in [0, 0.05) is 12.6 Å². The van der Waals surface area contributed by atoms with Crippen LogP contribution in [0.15, 0.2) is 0 Å². The second-order valence-electron chi connectivity index (χ2n) is 4.70. The maximum absolute atomic E-state index is 12.0. The van der Waals surface area contributed by atoms with Gasteiger partial charge in [0.25, 0.3) is 0 Å². The summed E-state index contributed by atoms with van der Waals surface area (Å²) in [6, 6.07) is -0.0952. The maximum atomic E-state index is 12.0. The van der Waals surface area contributed by atoms with Crippen molar-refractivity contribution < 1.29 is 19.4 Å². The van der Waals surface area contributed by atoms with Crippen LogP contribution in [0.25, 0.3) is 0 Å². The molecule has 0 aromatic rings. The van der Waals surface area contributed by atoms with Gasteiger partial charge in [-0.3, -0.25) is 9.59 Å². The third-order valence-corrected chi connectivity index (χ3v) is 2.93. The number of aliphatic carboxylic acids is 1. The van der Waals surface area contributed by atoms with E-state index >= 15 is 0 Å². The molecule has 1 rings (SSSR count).